The number of alkyl halides is 1. The highest BCUT2D eigenvalue weighted by molar-refractivity contribution is 9.10. The van der Waals surface area contributed by atoms with Gasteiger partial charge in [0, 0.05) is 11.0 Å². The van der Waals surface area contributed by atoms with Gasteiger partial charge in [-0.05, 0) is 23.6 Å². The zero-order valence-corrected chi connectivity index (χ0v) is 13.8. The summed E-state index contributed by atoms with van der Waals surface area (Å²) in [5.74, 6) is 0.494. The van der Waals surface area contributed by atoms with E-state index in [1.807, 2.05) is 24.3 Å². The van der Waals surface area contributed by atoms with Crippen molar-refractivity contribution in [3.05, 3.63) is 34.3 Å². The molecule has 1 aromatic carbocycles. The van der Waals surface area contributed by atoms with Gasteiger partial charge in [0.05, 0.1) is 11.8 Å². The molecule has 0 saturated carbocycles. The first kappa shape index (κ1) is 16.5. The summed E-state index contributed by atoms with van der Waals surface area (Å²) in [6, 6.07) is 7.78. The molecule has 19 heavy (non-hydrogen) atoms. The molecular formula is C15H21BrClNO. The largest absolute Gasteiger partial charge is 0.354 e. The molecule has 0 fully saturated rings. The third kappa shape index (κ3) is 5.96. The van der Waals surface area contributed by atoms with E-state index in [0.717, 1.165) is 22.9 Å². The van der Waals surface area contributed by atoms with E-state index in [0.29, 0.717) is 18.9 Å². The van der Waals surface area contributed by atoms with E-state index in [2.05, 4.69) is 35.1 Å². The Morgan fingerprint density at radius 3 is 2.37 bits per heavy atom. The Balaban J connectivity index is 2.37. The second-order valence-electron chi connectivity index (χ2n) is 4.70. The van der Waals surface area contributed by atoms with Gasteiger partial charge in [-0.3, -0.25) is 4.79 Å². The Morgan fingerprint density at radius 1 is 1.26 bits per heavy atom. The van der Waals surface area contributed by atoms with Crippen LogP contribution in [0, 0.1) is 5.92 Å². The van der Waals surface area contributed by atoms with Gasteiger partial charge in [0.15, 0.2) is 0 Å². The smallest absolute Gasteiger partial charge is 0.224 e. The van der Waals surface area contributed by atoms with Crippen molar-refractivity contribution in [2.75, 3.05) is 6.54 Å². The normalized spacial score (nSPS) is 12.5. The number of halogens is 2. The number of carbonyl (C=O) groups is 1. The van der Waals surface area contributed by atoms with Gasteiger partial charge in [-0.15, -0.1) is 11.6 Å². The summed E-state index contributed by atoms with van der Waals surface area (Å²) in [6.07, 6.45) is 2.50. The fourth-order valence-corrected chi connectivity index (χ4v) is 2.73. The first-order valence-electron chi connectivity index (χ1n) is 6.72. The summed E-state index contributed by atoms with van der Waals surface area (Å²) < 4.78 is 1.02. The van der Waals surface area contributed by atoms with Crippen molar-refractivity contribution in [3.63, 3.8) is 0 Å². The Kier molecular flexibility index (Phi) is 7.47. The average molecular weight is 347 g/mol. The number of benzene rings is 1. The third-order valence-corrected chi connectivity index (χ3v) is 4.37. The molecule has 0 aliphatic rings. The Morgan fingerprint density at radius 2 is 1.84 bits per heavy atom. The number of hydrogen-bond acceptors (Lipinski definition) is 1. The first-order chi connectivity index (χ1) is 9.06. The van der Waals surface area contributed by atoms with E-state index >= 15 is 0 Å². The van der Waals surface area contributed by atoms with E-state index in [4.69, 9.17) is 11.6 Å². The topological polar surface area (TPSA) is 29.1 Å². The summed E-state index contributed by atoms with van der Waals surface area (Å²) in [7, 11) is 0. The zero-order valence-electron chi connectivity index (χ0n) is 11.5. The lowest BCUT2D eigenvalue weighted by Gasteiger charge is -2.19. The van der Waals surface area contributed by atoms with Gasteiger partial charge in [0.25, 0.3) is 0 Å². The monoisotopic (exact) mass is 345 g/mol. The lowest BCUT2D eigenvalue weighted by molar-refractivity contribution is -0.120. The van der Waals surface area contributed by atoms with Gasteiger partial charge in [-0.2, -0.15) is 0 Å². The van der Waals surface area contributed by atoms with Crippen LogP contribution in [0.3, 0.4) is 0 Å². The maximum Gasteiger partial charge on any atom is 0.224 e. The van der Waals surface area contributed by atoms with Crippen LogP contribution < -0.4 is 5.32 Å². The summed E-state index contributed by atoms with van der Waals surface area (Å²) >= 11 is 9.67. The molecule has 0 spiro atoms. The molecule has 0 radical (unpaired) electrons. The molecular weight excluding hydrogens is 326 g/mol. The minimum atomic E-state index is 0.0175. The molecule has 1 aromatic rings. The predicted molar refractivity (Wildman–Crippen MR) is 84.6 cm³/mol. The minimum absolute atomic E-state index is 0.0175. The van der Waals surface area contributed by atoms with Crippen molar-refractivity contribution in [2.45, 2.75) is 38.5 Å². The maximum atomic E-state index is 11.8. The second-order valence-corrected chi connectivity index (χ2v) is 6.18. The Hall–Kier alpha value is -0.540. The summed E-state index contributed by atoms with van der Waals surface area (Å²) in [5.41, 5.74) is 1.01. The van der Waals surface area contributed by atoms with Gasteiger partial charge in [0.1, 0.15) is 0 Å². The molecule has 1 atom stereocenters. The van der Waals surface area contributed by atoms with Gasteiger partial charge >= 0.3 is 0 Å². The van der Waals surface area contributed by atoms with Crippen molar-refractivity contribution in [3.8, 4) is 0 Å². The standard InChI is InChI=1S/C15H21BrClNO/c1-3-12(4-2)14(17)10-18-15(19)9-11-5-7-13(16)8-6-11/h5-8,12,14H,3-4,9-10H2,1-2H3,(H,18,19). The maximum absolute atomic E-state index is 11.8. The Labute approximate surface area is 129 Å². The molecule has 0 bridgehead atoms. The molecule has 0 saturated heterocycles. The number of hydrogen-bond donors (Lipinski definition) is 1. The molecule has 0 aliphatic carbocycles. The van der Waals surface area contributed by atoms with Crippen molar-refractivity contribution in [2.24, 2.45) is 5.92 Å². The van der Waals surface area contributed by atoms with Gasteiger partial charge in [0.2, 0.25) is 5.91 Å². The van der Waals surface area contributed by atoms with Crippen molar-refractivity contribution in [1.82, 2.24) is 5.32 Å². The molecule has 4 heteroatoms. The lowest BCUT2D eigenvalue weighted by atomic mass is 9.99. The van der Waals surface area contributed by atoms with Crippen LogP contribution in [0.2, 0.25) is 0 Å². The van der Waals surface area contributed by atoms with Crippen LogP contribution in [-0.2, 0) is 11.2 Å². The molecule has 1 unspecified atom stereocenters. The van der Waals surface area contributed by atoms with Crippen LogP contribution in [-0.4, -0.2) is 17.8 Å². The number of carbonyl (C=O) groups excluding carboxylic acids is 1. The average Bonchev–Trinajstić information content (AvgIpc) is 2.40. The highest BCUT2D eigenvalue weighted by Crippen LogP contribution is 2.17. The summed E-state index contributed by atoms with van der Waals surface area (Å²) in [4.78, 5) is 11.8. The molecule has 0 aliphatic heterocycles. The second kappa shape index (κ2) is 8.60. The van der Waals surface area contributed by atoms with Gasteiger partial charge < -0.3 is 5.32 Å². The van der Waals surface area contributed by atoms with E-state index < -0.39 is 0 Å². The number of rotatable bonds is 7. The third-order valence-electron chi connectivity index (χ3n) is 3.33. The molecule has 0 heterocycles. The molecule has 2 nitrogen and oxygen atoms in total. The van der Waals surface area contributed by atoms with E-state index in [1.165, 1.54) is 0 Å². The van der Waals surface area contributed by atoms with E-state index in [1.54, 1.807) is 0 Å². The van der Waals surface area contributed by atoms with Crippen molar-refractivity contribution < 1.29 is 4.79 Å². The van der Waals surface area contributed by atoms with Crippen LogP contribution in [0.25, 0.3) is 0 Å². The minimum Gasteiger partial charge on any atom is -0.354 e. The van der Waals surface area contributed by atoms with E-state index in [9.17, 15) is 4.79 Å². The van der Waals surface area contributed by atoms with Crippen LogP contribution in [0.5, 0.6) is 0 Å². The van der Waals surface area contributed by atoms with Crippen LogP contribution >= 0.6 is 27.5 Å². The fraction of sp³-hybridized carbons (Fsp3) is 0.533. The number of nitrogens with one attached hydrogen (secondary N) is 1. The quantitative estimate of drug-likeness (QED) is 0.738. The van der Waals surface area contributed by atoms with Gasteiger partial charge in [-0.25, -0.2) is 0 Å². The summed E-state index contributed by atoms with van der Waals surface area (Å²) in [5, 5.41) is 2.93. The van der Waals surface area contributed by atoms with Crippen molar-refractivity contribution >= 4 is 33.4 Å². The van der Waals surface area contributed by atoms with Crippen LogP contribution in [0.15, 0.2) is 28.7 Å². The zero-order chi connectivity index (χ0) is 14.3. The fourth-order valence-electron chi connectivity index (χ4n) is 2.03. The lowest BCUT2D eigenvalue weighted by Crippen LogP contribution is -2.34. The van der Waals surface area contributed by atoms with Crippen molar-refractivity contribution in [1.29, 1.82) is 0 Å². The first-order valence-corrected chi connectivity index (χ1v) is 7.95. The number of amides is 1. The Bertz CT molecular complexity index is 390. The molecule has 1 amide bonds. The van der Waals surface area contributed by atoms with Crippen LogP contribution in [0.1, 0.15) is 32.3 Å². The molecule has 1 N–H and O–H groups in total. The highest BCUT2D eigenvalue weighted by Gasteiger charge is 2.16. The molecule has 0 aromatic heterocycles. The van der Waals surface area contributed by atoms with Gasteiger partial charge in [-0.1, -0.05) is 54.8 Å². The SMILES string of the molecule is CCC(CC)C(Cl)CNC(=O)Cc1ccc(Br)cc1. The summed E-state index contributed by atoms with van der Waals surface area (Å²) in [6.45, 7) is 4.81. The molecule has 106 valence electrons. The van der Waals surface area contributed by atoms with E-state index in [-0.39, 0.29) is 11.3 Å². The predicted octanol–water partition coefficient (Wildman–Crippen LogP) is 4.15. The van der Waals surface area contributed by atoms with Crippen LogP contribution in [0.4, 0.5) is 0 Å². The highest BCUT2D eigenvalue weighted by atomic mass is 79.9. The molecule has 1 rings (SSSR count).